The monoisotopic (exact) mass is 374 g/mol. The van der Waals surface area contributed by atoms with Gasteiger partial charge in [0.15, 0.2) is 0 Å². The van der Waals surface area contributed by atoms with Crippen LogP contribution >= 0.6 is 31.4 Å². The lowest BCUT2D eigenvalue weighted by atomic mass is 9.83. The summed E-state index contributed by atoms with van der Waals surface area (Å²) in [6.07, 6.45) is 1.29. The molecule has 2 aromatic carbocycles. The predicted molar refractivity (Wildman–Crippen MR) is 116 cm³/mol. The van der Waals surface area contributed by atoms with Gasteiger partial charge in [-0.15, -0.1) is 23.5 Å². The van der Waals surface area contributed by atoms with E-state index in [4.69, 9.17) is 0 Å². The van der Waals surface area contributed by atoms with Crippen molar-refractivity contribution in [1.29, 1.82) is 0 Å². The molecule has 128 valence electrons. The van der Waals surface area contributed by atoms with Crippen molar-refractivity contribution >= 4 is 42.1 Å². The Labute approximate surface area is 157 Å². The molecule has 1 aliphatic heterocycles. The lowest BCUT2D eigenvalue weighted by Gasteiger charge is -2.37. The summed E-state index contributed by atoms with van der Waals surface area (Å²) in [5.74, 6) is 3.46. The molecule has 1 saturated heterocycles. The van der Waals surface area contributed by atoms with Crippen LogP contribution in [0.25, 0.3) is 0 Å². The summed E-state index contributed by atoms with van der Waals surface area (Å²) in [5.41, 5.74) is 0.439. The average molecular weight is 375 g/mol. The lowest BCUT2D eigenvalue weighted by Crippen LogP contribution is -2.31. The first kappa shape index (κ1) is 18.4. The van der Waals surface area contributed by atoms with Crippen LogP contribution in [0.1, 0.15) is 20.8 Å². The van der Waals surface area contributed by atoms with Gasteiger partial charge in [-0.1, -0.05) is 81.4 Å². The maximum absolute atomic E-state index is 2.39. The Hall–Kier alpha value is -0.430. The standard InChI is InChI=1S/C21H27PS2/c1-21(2,3)17-15-23-20(24-16-17)14-22(18-10-6-4-7-11-18)19-12-8-5-9-13-19/h4-13,17,20H,14-16H2,1-3H3. The van der Waals surface area contributed by atoms with Gasteiger partial charge in [-0.2, -0.15) is 0 Å². The highest BCUT2D eigenvalue weighted by Gasteiger charge is 2.32. The Morgan fingerprint density at radius 3 is 1.71 bits per heavy atom. The van der Waals surface area contributed by atoms with E-state index in [0.717, 1.165) is 10.5 Å². The van der Waals surface area contributed by atoms with Crippen molar-refractivity contribution in [2.24, 2.45) is 11.3 Å². The van der Waals surface area contributed by atoms with Crippen LogP contribution in [0.4, 0.5) is 0 Å². The molecule has 24 heavy (non-hydrogen) atoms. The second-order valence-corrected chi connectivity index (χ2v) is 12.5. The van der Waals surface area contributed by atoms with Crippen LogP contribution in [0.3, 0.4) is 0 Å². The molecule has 3 heteroatoms. The van der Waals surface area contributed by atoms with E-state index in [2.05, 4.69) is 105 Å². The first-order valence-electron chi connectivity index (χ1n) is 8.65. The Balaban J connectivity index is 1.72. The van der Waals surface area contributed by atoms with Gasteiger partial charge in [-0.3, -0.25) is 0 Å². The third kappa shape index (κ3) is 4.81. The summed E-state index contributed by atoms with van der Waals surface area (Å²) >= 11 is 4.39. The van der Waals surface area contributed by atoms with E-state index in [1.54, 1.807) is 0 Å². The fourth-order valence-electron chi connectivity index (χ4n) is 2.87. The Kier molecular flexibility index (Phi) is 6.35. The summed E-state index contributed by atoms with van der Waals surface area (Å²) in [6, 6.07) is 22.2. The minimum Gasteiger partial charge on any atom is -0.147 e. The molecule has 1 fully saturated rings. The predicted octanol–water partition coefficient (Wildman–Crippen LogP) is 5.59. The van der Waals surface area contributed by atoms with Gasteiger partial charge in [0.1, 0.15) is 0 Å². The minimum absolute atomic E-state index is 0.258. The molecule has 0 radical (unpaired) electrons. The van der Waals surface area contributed by atoms with Crippen LogP contribution in [-0.4, -0.2) is 22.2 Å². The molecule has 0 bridgehead atoms. The second-order valence-electron chi connectivity index (χ2n) is 7.44. The van der Waals surface area contributed by atoms with Crippen molar-refractivity contribution in [2.45, 2.75) is 25.4 Å². The van der Waals surface area contributed by atoms with Crippen molar-refractivity contribution < 1.29 is 0 Å². The van der Waals surface area contributed by atoms with Crippen LogP contribution in [0, 0.1) is 11.3 Å². The third-order valence-corrected chi connectivity index (χ3v) is 10.8. The summed E-state index contributed by atoms with van der Waals surface area (Å²) in [4.78, 5) is 0. The minimum atomic E-state index is -0.258. The molecule has 1 aliphatic rings. The highest BCUT2D eigenvalue weighted by molar-refractivity contribution is 8.18. The van der Waals surface area contributed by atoms with Crippen LogP contribution in [0.15, 0.2) is 60.7 Å². The van der Waals surface area contributed by atoms with Crippen LogP contribution in [-0.2, 0) is 0 Å². The van der Waals surface area contributed by atoms with Gasteiger partial charge in [-0.05, 0) is 47.5 Å². The molecule has 0 atom stereocenters. The maximum atomic E-state index is 2.39. The number of benzene rings is 2. The first-order chi connectivity index (χ1) is 11.5. The van der Waals surface area contributed by atoms with E-state index < -0.39 is 0 Å². The van der Waals surface area contributed by atoms with E-state index in [0.29, 0.717) is 5.41 Å². The molecule has 0 amide bonds. The number of thioether (sulfide) groups is 2. The van der Waals surface area contributed by atoms with E-state index in [1.165, 1.54) is 28.3 Å². The zero-order valence-corrected chi connectivity index (χ0v) is 17.3. The van der Waals surface area contributed by atoms with Crippen LogP contribution < -0.4 is 10.6 Å². The largest absolute Gasteiger partial charge is 0.147 e. The average Bonchev–Trinajstić information content (AvgIpc) is 2.61. The molecular weight excluding hydrogens is 347 g/mol. The van der Waals surface area contributed by atoms with E-state index in [1.807, 2.05) is 0 Å². The van der Waals surface area contributed by atoms with Crippen molar-refractivity contribution in [3.05, 3.63) is 60.7 Å². The van der Waals surface area contributed by atoms with Crippen molar-refractivity contribution in [2.75, 3.05) is 17.7 Å². The third-order valence-electron chi connectivity index (χ3n) is 4.66. The summed E-state index contributed by atoms with van der Waals surface area (Å²) in [7, 11) is -0.258. The van der Waals surface area contributed by atoms with Gasteiger partial charge >= 0.3 is 0 Å². The molecule has 1 heterocycles. The quantitative estimate of drug-likeness (QED) is 0.640. The number of rotatable bonds is 4. The fraction of sp³-hybridized carbons (Fsp3) is 0.429. The highest BCUT2D eigenvalue weighted by atomic mass is 32.2. The lowest BCUT2D eigenvalue weighted by molar-refractivity contribution is 0.293. The van der Waals surface area contributed by atoms with Gasteiger partial charge in [-0.25, -0.2) is 0 Å². The normalized spacial score (nSPS) is 21.8. The topological polar surface area (TPSA) is 0 Å². The Morgan fingerprint density at radius 2 is 1.29 bits per heavy atom. The molecule has 3 rings (SSSR count). The molecule has 0 aromatic heterocycles. The van der Waals surface area contributed by atoms with Crippen LogP contribution in [0.2, 0.25) is 0 Å². The van der Waals surface area contributed by atoms with Crippen molar-refractivity contribution in [3.8, 4) is 0 Å². The molecule has 0 aliphatic carbocycles. The van der Waals surface area contributed by atoms with Crippen LogP contribution in [0.5, 0.6) is 0 Å². The smallest absolute Gasteiger partial charge is 0.0547 e. The van der Waals surface area contributed by atoms with Gasteiger partial charge in [0, 0.05) is 0 Å². The Morgan fingerprint density at radius 1 is 0.833 bits per heavy atom. The molecule has 0 saturated carbocycles. The summed E-state index contributed by atoms with van der Waals surface area (Å²) in [5, 5.41) is 3.02. The van der Waals surface area contributed by atoms with E-state index >= 15 is 0 Å². The zero-order valence-electron chi connectivity index (χ0n) is 14.8. The molecule has 0 spiro atoms. The highest BCUT2D eigenvalue weighted by Crippen LogP contribution is 2.46. The molecule has 0 N–H and O–H groups in total. The molecule has 2 aromatic rings. The van der Waals surface area contributed by atoms with Crippen molar-refractivity contribution in [1.82, 2.24) is 0 Å². The van der Waals surface area contributed by atoms with Gasteiger partial charge < -0.3 is 0 Å². The Bertz CT molecular complexity index is 574. The van der Waals surface area contributed by atoms with E-state index in [-0.39, 0.29) is 7.92 Å². The maximum Gasteiger partial charge on any atom is 0.0547 e. The first-order valence-corrected chi connectivity index (χ1v) is 12.3. The number of hydrogen-bond donors (Lipinski definition) is 0. The van der Waals surface area contributed by atoms with Gasteiger partial charge in [0.25, 0.3) is 0 Å². The fourth-order valence-corrected chi connectivity index (χ4v) is 9.83. The van der Waals surface area contributed by atoms with E-state index in [9.17, 15) is 0 Å². The number of hydrogen-bond acceptors (Lipinski definition) is 2. The molecule has 0 nitrogen and oxygen atoms in total. The molecular formula is C21H27PS2. The SMILES string of the molecule is CC(C)(C)C1CSC(CP(c2ccccc2)c2ccccc2)SC1. The summed E-state index contributed by atoms with van der Waals surface area (Å²) < 4.78 is 0.732. The second kappa shape index (κ2) is 8.30. The summed E-state index contributed by atoms with van der Waals surface area (Å²) in [6.45, 7) is 7.17. The molecule has 0 unspecified atom stereocenters. The van der Waals surface area contributed by atoms with Gasteiger partial charge in [0.05, 0.1) is 4.58 Å². The van der Waals surface area contributed by atoms with Gasteiger partial charge in [0.2, 0.25) is 0 Å². The zero-order chi connectivity index (χ0) is 17.0. The van der Waals surface area contributed by atoms with Crippen molar-refractivity contribution in [3.63, 3.8) is 0 Å².